The van der Waals surface area contributed by atoms with Crippen LogP contribution in [0.1, 0.15) is 17.5 Å². The summed E-state index contributed by atoms with van der Waals surface area (Å²) in [7, 11) is 0. The number of carbonyl (C=O) groups excluding carboxylic acids is 1. The van der Waals surface area contributed by atoms with E-state index in [-0.39, 0.29) is 34.5 Å². The average Bonchev–Trinajstić information content (AvgIpc) is 3.24. The summed E-state index contributed by atoms with van der Waals surface area (Å²) in [5.74, 6) is -1.13. The predicted molar refractivity (Wildman–Crippen MR) is 108 cm³/mol. The summed E-state index contributed by atoms with van der Waals surface area (Å²) in [5, 5.41) is 13.3. The van der Waals surface area contributed by atoms with Crippen LogP contribution in [0.3, 0.4) is 0 Å². The summed E-state index contributed by atoms with van der Waals surface area (Å²) < 4.78 is 19.6. The Labute approximate surface area is 161 Å². The molecule has 1 fully saturated rings. The molecule has 0 saturated carbocycles. The molecule has 1 aliphatic heterocycles. The second kappa shape index (κ2) is 7.40. The van der Waals surface area contributed by atoms with Gasteiger partial charge in [0.2, 0.25) is 5.91 Å². The zero-order valence-corrected chi connectivity index (χ0v) is 15.2. The molecule has 4 rings (SSSR count). The number of halogens is 1. The summed E-state index contributed by atoms with van der Waals surface area (Å²) >= 11 is 0. The fourth-order valence-corrected chi connectivity index (χ4v) is 3.38. The predicted octanol–water partition coefficient (Wildman–Crippen LogP) is 3.95. The summed E-state index contributed by atoms with van der Waals surface area (Å²) in [6.07, 6.45) is 0.642. The van der Waals surface area contributed by atoms with Crippen LogP contribution in [0.5, 0.6) is 0 Å². The normalized spacial score (nSPS) is 16.2. The minimum Gasteiger partial charge on any atom is -0.396 e. The van der Waals surface area contributed by atoms with Gasteiger partial charge in [-0.1, -0.05) is 36.4 Å². The molecule has 0 aliphatic carbocycles. The topological polar surface area (TPSA) is 88.2 Å². The first kappa shape index (κ1) is 18.1. The number of anilines is 2. The van der Waals surface area contributed by atoms with Crippen LogP contribution in [0.25, 0.3) is 10.8 Å². The summed E-state index contributed by atoms with van der Waals surface area (Å²) in [4.78, 5) is 12.3. The van der Waals surface area contributed by atoms with Crippen LogP contribution < -0.4 is 11.1 Å². The van der Waals surface area contributed by atoms with Crippen molar-refractivity contribution in [3.8, 4) is 0 Å². The van der Waals surface area contributed by atoms with Crippen LogP contribution in [0.4, 0.5) is 15.8 Å². The maximum atomic E-state index is 14.4. The van der Waals surface area contributed by atoms with Gasteiger partial charge >= 0.3 is 0 Å². The average molecular weight is 377 g/mol. The maximum Gasteiger partial charge on any atom is 0.229 e. The number of nitrogens with one attached hydrogen (secondary N) is 2. The number of carbonyl (C=O) groups is 1. The Hall–Kier alpha value is -3.25. The Kier molecular flexibility index (Phi) is 4.79. The number of rotatable bonds is 4. The van der Waals surface area contributed by atoms with E-state index in [4.69, 9.17) is 15.9 Å². The van der Waals surface area contributed by atoms with Gasteiger partial charge in [-0.25, -0.2) is 4.39 Å². The largest absolute Gasteiger partial charge is 0.396 e. The van der Waals surface area contributed by atoms with Gasteiger partial charge in [-0.15, -0.1) is 0 Å². The molecule has 142 valence electrons. The third-order valence-corrected chi connectivity index (χ3v) is 5.01. The second-order valence-corrected chi connectivity index (χ2v) is 6.91. The highest BCUT2D eigenvalue weighted by molar-refractivity contribution is 6.15. The molecule has 1 amide bonds. The first-order valence-corrected chi connectivity index (χ1v) is 9.08. The molecule has 6 heteroatoms. The number of ether oxygens (including phenoxy) is 1. The molecular formula is C22H20FN3O2. The maximum absolute atomic E-state index is 14.4. The molecule has 1 heterocycles. The van der Waals surface area contributed by atoms with Crippen molar-refractivity contribution in [3.63, 3.8) is 0 Å². The molecular weight excluding hydrogens is 357 g/mol. The number of benzene rings is 3. The number of hydrogen-bond acceptors (Lipinski definition) is 4. The molecule has 1 unspecified atom stereocenters. The number of nitrogen functional groups attached to an aromatic ring is 1. The summed E-state index contributed by atoms with van der Waals surface area (Å²) in [6, 6.07) is 16.1. The molecule has 0 spiro atoms. The molecule has 1 saturated heterocycles. The molecule has 3 aromatic carbocycles. The standard InChI is InChI=1S/C22H20FN3O2/c23-19-11-17(26-22(27)16-7-8-28-12-16)10-18(21(19)25)20(24)15-6-5-13-3-1-2-4-14(13)9-15/h1-6,9-11,16,24H,7-8,12,25H2,(H,26,27). The van der Waals surface area contributed by atoms with Gasteiger partial charge in [0.1, 0.15) is 5.82 Å². The zero-order chi connectivity index (χ0) is 19.7. The molecule has 1 aliphatic rings. The lowest BCUT2D eigenvalue weighted by Crippen LogP contribution is -2.23. The van der Waals surface area contributed by atoms with Crippen LogP contribution in [-0.4, -0.2) is 24.8 Å². The molecule has 0 bridgehead atoms. The lowest BCUT2D eigenvalue weighted by Gasteiger charge is -2.14. The molecule has 0 aromatic heterocycles. The molecule has 0 radical (unpaired) electrons. The quantitative estimate of drug-likeness (QED) is 0.475. The Morgan fingerprint density at radius 1 is 1.14 bits per heavy atom. The second-order valence-electron chi connectivity index (χ2n) is 6.91. The van der Waals surface area contributed by atoms with Gasteiger partial charge < -0.3 is 15.8 Å². The smallest absolute Gasteiger partial charge is 0.229 e. The third kappa shape index (κ3) is 3.46. The van der Waals surface area contributed by atoms with Crippen LogP contribution in [0, 0.1) is 17.1 Å². The number of fused-ring (bicyclic) bond motifs is 1. The van der Waals surface area contributed by atoms with Crippen LogP contribution >= 0.6 is 0 Å². The Morgan fingerprint density at radius 3 is 2.68 bits per heavy atom. The van der Waals surface area contributed by atoms with Crippen molar-refractivity contribution in [3.05, 3.63) is 71.5 Å². The van der Waals surface area contributed by atoms with Gasteiger partial charge in [0.05, 0.1) is 23.9 Å². The van der Waals surface area contributed by atoms with Gasteiger partial charge in [-0.3, -0.25) is 10.2 Å². The van der Waals surface area contributed by atoms with Crippen molar-refractivity contribution < 1.29 is 13.9 Å². The zero-order valence-electron chi connectivity index (χ0n) is 15.2. The lowest BCUT2D eigenvalue weighted by molar-refractivity contribution is -0.119. The van der Waals surface area contributed by atoms with E-state index in [9.17, 15) is 9.18 Å². The molecule has 5 nitrogen and oxygen atoms in total. The number of hydrogen-bond donors (Lipinski definition) is 3. The molecule has 28 heavy (non-hydrogen) atoms. The lowest BCUT2D eigenvalue weighted by atomic mass is 9.97. The molecule has 4 N–H and O–H groups in total. The van der Waals surface area contributed by atoms with Gasteiger partial charge in [0, 0.05) is 23.4 Å². The first-order valence-electron chi connectivity index (χ1n) is 9.08. The number of nitrogens with two attached hydrogens (primary N) is 1. The highest BCUT2D eigenvalue weighted by atomic mass is 19.1. The van der Waals surface area contributed by atoms with Gasteiger partial charge in [-0.2, -0.15) is 0 Å². The van der Waals surface area contributed by atoms with E-state index in [2.05, 4.69) is 5.32 Å². The van der Waals surface area contributed by atoms with Crippen molar-refractivity contribution in [1.29, 1.82) is 5.41 Å². The highest BCUT2D eigenvalue weighted by Gasteiger charge is 2.24. The molecule has 1 atom stereocenters. The van der Waals surface area contributed by atoms with Crippen LogP contribution in [-0.2, 0) is 9.53 Å². The van der Waals surface area contributed by atoms with Crippen molar-refractivity contribution in [2.24, 2.45) is 5.92 Å². The van der Waals surface area contributed by atoms with E-state index in [0.29, 0.717) is 25.2 Å². The minimum atomic E-state index is -0.666. The Morgan fingerprint density at radius 2 is 1.93 bits per heavy atom. The number of amides is 1. The van der Waals surface area contributed by atoms with Crippen molar-refractivity contribution in [2.45, 2.75) is 6.42 Å². The van der Waals surface area contributed by atoms with Gasteiger partial charge in [-0.05, 0) is 35.4 Å². The van der Waals surface area contributed by atoms with E-state index in [1.165, 1.54) is 6.07 Å². The van der Waals surface area contributed by atoms with Crippen molar-refractivity contribution in [2.75, 3.05) is 24.3 Å². The van der Waals surface area contributed by atoms with Crippen molar-refractivity contribution in [1.82, 2.24) is 0 Å². The van der Waals surface area contributed by atoms with E-state index < -0.39 is 5.82 Å². The Bertz CT molecular complexity index is 1070. The first-order chi connectivity index (χ1) is 13.5. The van der Waals surface area contributed by atoms with Gasteiger partial charge in [0.15, 0.2) is 0 Å². The fraction of sp³-hybridized carbons (Fsp3) is 0.182. The minimum absolute atomic E-state index is 0.0995. The molecule has 3 aromatic rings. The van der Waals surface area contributed by atoms with Crippen LogP contribution in [0.2, 0.25) is 0 Å². The van der Waals surface area contributed by atoms with E-state index in [1.807, 2.05) is 42.5 Å². The Balaban J connectivity index is 1.66. The fourth-order valence-electron chi connectivity index (χ4n) is 3.38. The van der Waals surface area contributed by atoms with E-state index >= 15 is 0 Å². The van der Waals surface area contributed by atoms with Crippen molar-refractivity contribution >= 4 is 33.8 Å². The summed E-state index contributed by atoms with van der Waals surface area (Å²) in [6.45, 7) is 0.912. The van der Waals surface area contributed by atoms with E-state index in [0.717, 1.165) is 10.8 Å². The SMILES string of the molecule is N=C(c1ccc2ccccc2c1)c1cc(NC(=O)C2CCOC2)cc(F)c1N. The highest BCUT2D eigenvalue weighted by Crippen LogP contribution is 2.27. The van der Waals surface area contributed by atoms with Crippen LogP contribution in [0.15, 0.2) is 54.6 Å². The third-order valence-electron chi connectivity index (χ3n) is 5.01. The van der Waals surface area contributed by atoms with Gasteiger partial charge in [0.25, 0.3) is 0 Å². The summed E-state index contributed by atoms with van der Waals surface area (Å²) in [5.41, 5.74) is 7.04. The van der Waals surface area contributed by atoms with E-state index in [1.54, 1.807) is 6.07 Å². The monoisotopic (exact) mass is 377 g/mol.